The largest absolute Gasteiger partial charge is 0.471 e. The van der Waals surface area contributed by atoms with E-state index in [4.69, 9.17) is 16.4 Å². The van der Waals surface area contributed by atoms with Crippen molar-refractivity contribution in [2.24, 2.45) is 5.92 Å². The van der Waals surface area contributed by atoms with Crippen molar-refractivity contribution in [1.82, 2.24) is 9.80 Å². The highest BCUT2D eigenvalue weighted by Crippen LogP contribution is 2.29. The van der Waals surface area contributed by atoms with E-state index in [-0.39, 0.29) is 31.2 Å². The second-order valence-electron chi connectivity index (χ2n) is 8.76. The van der Waals surface area contributed by atoms with Gasteiger partial charge in [-0.25, -0.2) is 9.64 Å². The van der Waals surface area contributed by atoms with Gasteiger partial charge in [0.05, 0.1) is 25.9 Å². The van der Waals surface area contributed by atoms with Crippen molar-refractivity contribution in [3.05, 3.63) is 65.0 Å². The van der Waals surface area contributed by atoms with E-state index in [1.807, 2.05) is 4.90 Å². The van der Waals surface area contributed by atoms with Gasteiger partial charge in [-0.3, -0.25) is 4.79 Å². The van der Waals surface area contributed by atoms with E-state index >= 15 is 0 Å². The number of carbonyl (C=O) groups is 2. The highest BCUT2D eigenvalue weighted by Gasteiger charge is 2.43. The third kappa shape index (κ3) is 7.06. The molecule has 2 aromatic carbocycles. The van der Waals surface area contributed by atoms with E-state index in [1.165, 1.54) is 13.2 Å². The van der Waals surface area contributed by atoms with Crippen molar-refractivity contribution in [2.75, 3.05) is 39.9 Å². The van der Waals surface area contributed by atoms with Crippen molar-refractivity contribution >= 4 is 17.6 Å². The van der Waals surface area contributed by atoms with E-state index < -0.39 is 18.1 Å². The molecule has 36 heavy (non-hydrogen) atoms. The Morgan fingerprint density at radius 1 is 1.17 bits per heavy atom. The molecule has 0 spiro atoms. The van der Waals surface area contributed by atoms with Gasteiger partial charge in [-0.05, 0) is 72.8 Å². The molecule has 1 fully saturated rings. The normalized spacial score (nSPS) is 14.8. The van der Waals surface area contributed by atoms with E-state index in [0.29, 0.717) is 54.9 Å². The van der Waals surface area contributed by atoms with Gasteiger partial charge in [-0.1, -0.05) is 18.2 Å². The number of ether oxygens (including phenoxy) is 1. The van der Waals surface area contributed by atoms with Crippen LogP contribution in [-0.2, 0) is 16.1 Å². The SMILES string of the molecule is [C-]#[N+]c1cccc(-c2cc(CN(CC3CCN(CCO)CC3)C(=O)C(F)(F)F)cc(C(=O)OC)c2)c1. The second-order valence-corrected chi connectivity index (χ2v) is 8.76. The van der Waals surface area contributed by atoms with Crippen molar-refractivity contribution in [2.45, 2.75) is 25.6 Å². The lowest BCUT2D eigenvalue weighted by atomic mass is 9.95. The van der Waals surface area contributed by atoms with Crippen molar-refractivity contribution < 1.29 is 32.6 Å². The number of hydrogen-bond acceptors (Lipinski definition) is 5. The van der Waals surface area contributed by atoms with Gasteiger partial charge in [-0.15, -0.1) is 0 Å². The summed E-state index contributed by atoms with van der Waals surface area (Å²) in [6, 6.07) is 11.2. The van der Waals surface area contributed by atoms with Gasteiger partial charge >= 0.3 is 18.1 Å². The number of piperidine rings is 1. The van der Waals surface area contributed by atoms with Gasteiger partial charge in [0.2, 0.25) is 0 Å². The van der Waals surface area contributed by atoms with Gasteiger partial charge in [0.1, 0.15) is 0 Å². The number of benzene rings is 2. The lowest BCUT2D eigenvalue weighted by Gasteiger charge is -2.35. The Morgan fingerprint density at radius 2 is 1.89 bits per heavy atom. The number of likely N-dealkylation sites (tertiary alicyclic amines) is 1. The molecule has 1 aliphatic heterocycles. The first-order valence-electron chi connectivity index (χ1n) is 11.5. The summed E-state index contributed by atoms with van der Waals surface area (Å²) in [6.45, 7) is 8.62. The molecule has 10 heteroatoms. The molecule has 0 bridgehead atoms. The fourth-order valence-electron chi connectivity index (χ4n) is 4.41. The quantitative estimate of drug-likeness (QED) is 0.430. The van der Waals surface area contributed by atoms with Crippen molar-refractivity contribution in [3.8, 4) is 11.1 Å². The summed E-state index contributed by atoms with van der Waals surface area (Å²) in [4.78, 5) is 30.9. The Bertz CT molecular complexity index is 1120. The zero-order valence-corrected chi connectivity index (χ0v) is 19.9. The van der Waals surface area contributed by atoms with Crippen LogP contribution in [0, 0.1) is 12.5 Å². The molecule has 3 rings (SSSR count). The molecule has 2 aromatic rings. The molecule has 0 saturated carbocycles. The van der Waals surface area contributed by atoms with Gasteiger partial charge in [0.15, 0.2) is 5.69 Å². The zero-order chi connectivity index (χ0) is 26.3. The molecule has 0 aliphatic carbocycles. The Balaban J connectivity index is 1.92. The summed E-state index contributed by atoms with van der Waals surface area (Å²) in [5, 5.41) is 9.10. The number of aliphatic hydroxyl groups excluding tert-OH is 1. The second kappa shape index (κ2) is 12.0. The number of rotatable bonds is 8. The maximum Gasteiger partial charge on any atom is 0.471 e. The number of amides is 1. The van der Waals surface area contributed by atoms with Gasteiger partial charge in [-0.2, -0.15) is 13.2 Å². The van der Waals surface area contributed by atoms with Crippen LogP contribution in [0.2, 0.25) is 0 Å². The fourth-order valence-corrected chi connectivity index (χ4v) is 4.41. The molecule has 1 heterocycles. The highest BCUT2D eigenvalue weighted by molar-refractivity contribution is 5.91. The van der Waals surface area contributed by atoms with Crippen molar-refractivity contribution in [1.29, 1.82) is 0 Å². The Hall–Kier alpha value is -3.42. The molecule has 0 aromatic heterocycles. The van der Waals surface area contributed by atoms with E-state index in [1.54, 1.807) is 36.4 Å². The fraction of sp³-hybridized carbons (Fsp3) is 0.423. The van der Waals surface area contributed by atoms with Crippen LogP contribution in [0.3, 0.4) is 0 Å². The molecule has 1 amide bonds. The van der Waals surface area contributed by atoms with Gasteiger partial charge in [0, 0.05) is 19.6 Å². The average molecular weight is 504 g/mol. The average Bonchev–Trinajstić information content (AvgIpc) is 2.88. The summed E-state index contributed by atoms with van der Waals surface area (Å²) < 4.78 is 45.3. The molecule has 0 atom stereocenters. The summed E-state index contributed by atoms with van der Waals surface area (Å²) >= 11 is 0. The number of aliphatic hydroxyl groups is 1. The third-order valence-electron chi connectivity index (χ3n) is 6.23. The molecule has 0 radical (unpaired) electrons. The topological polar surface area (TPSA) is 74.4 Å². The molecule has 192 valence electrons. The van der Waals surface area contributed by atoms with Gasteiger partial charge < -0.3 is 19.6 Å². The van der Waals surface area contributed by atoms with E-state index in [2.05, 4.69) is 4.85 Å². The van der Waals surface area contributed by atoms with Crippen LogP contribution in [0.15, 0.2) is 42.5 Å². The van der Waals surface area contributed by atoms with Crippen LogP contribution in [-0.4, -0.2) is 72.9 Å². The number of β-amino-alcohol motifs (C(OH)–C–C–N with tert-alkyl or cyclic N) is 1. The Kier molecular flexibility index (Phi) is 9.07. The maximum atomic E-state index is 13.5. The number of carbonyl (C=O) groups excluding carboxylic acids is 2. The molecule has 1 saturated heterocycles. The molecular formula is C26H28F3N3O4. The lowest BCUT2D eigenvalue weighted by Crippen LogP contribution is -2.45. The predicted molar refractivity (Wildman–Crippen MR) is 127 cm³/mol. The van der Waals surface area contributed by atoms with Crippen LogP contribution in [0.5, 0.6) is 0 Å². The number of nitrogens with zero attached hydrogens (tertiary/aromatic N) is 3. The van der Waals surface area contributed by atoms with Crippen LogP contribution in [0.1, 0.15) is 28.8 Å². The number of esters is 1. The summed E-state index contributed by atoms with van der Waals surface area (Å²) in [7, 11) is 1.21. The van der Waals surface area contributed by atoms with E-state index in [0.717, 1.165) is 4.90 Å². The Labute approximate surface area is 207 Å². The summed E-state index contributed by atoms with van der Waals surface area (Å²) in [6.07, 6.45) is -3.82. The third-order valence-corrected chi connectivity index (χ3v) is 6.23. The summed E-state index contributed by atoms with van der Waals surface area (Å²) in [5.74, 6) is -2.71. The number of methoxy groups -OCH3 is 1. The minimum Gasteiger partial charge on any atom is -0.465 e. The van der Waals surface area contributed by atoms with Gasteiger partial charge in [0.25, 0.3) is 0 Å². The number of halogens is 3. The molecule has 0 unspecified atom stereocenters. The first-order chi connectivity index (χ1) is 17.1. The molecule has 7 nitrogen and oxygen atoms in total. The highest BCUT2D eigenvalue weighted by atomic mass is 19.4. The number of hydrogen-bond donors (Lipinski definition) is 1. The van der Waals surface area contributed by atoms with Crippen LogP contribution < -0.4 is 0 Å². The zero-order valence-electron chi connectivity index (χ0n) is 19.9. The Morgan fingerprint density at radius 3 is 2.50 bits per heavy atom. The standard InChI is InChI=1S/C26H28F3N3O4/c1-30-23-5-3-4-20(15-23)21-12-19(13-22(14-21)24(34)36-2)17-32(25(35)26(27,28)29)16-18-6-8-31(9-7-18)10-11-33/h3-5,12-15,18,33H,6-11,16-17H2,2H3. The lowest BCUT2D eigenvalue weighted by molar-refractivity contribution is -0.187. The minimum atomic E-state index is -5.04. The van der Waals surface area contributed by atoms with Crippen molar-refractivity contribution in [3.63, 3.8) is 0 Å². The minimum absolute atomic E-state index is 0.0149. The molecule has 1 N–H and O–H groups in total. The molecule has 1 aliphatic rings. The summed E-state index contributed by atoms with van der Waals surface area (Å²) in [5.41, 5.74) is 1.99. The maximum absolute atomic E-state index is 13.5. The monoisotopic (exact) mass is 503 g/mol. The smallest absolute Gasteiger partial charge is 0.465 e. The predicted octanol–water partition coefficient (Wildman–Crippen LogP) is 4.29. The van der Waals surface area contributed by atoms with Crippen LogP contribution in [0.25, 0.3) is 16.0 Å². The molecular weight excluding hydrogens is 475 g/mol. The first kappa shape index (κ1) is 27.2. The van der Waals surface area contributed by atoms with E-state index in [9.17, 15) is 22.8 Å². The van der Waals surface area contributed by atoms with Crippen LogP contribution >= 0.6 is 0 Å². The van der Waals surface area contributed by atoms with Crippen LogP contribution in [0.4, 0.5) is 18.9 Å². The number of alkyl halides is 3. The first-order valence-corrected chi connectivity index (χ1v) is 11.5.